The zero-order valence-corrected chi connectivity index (χ0v) is 20.7. The molecule has 1 saturated heterocycles. The van der Waals surface area contributed by atoms with Crippen molar-refractivity contribution >= 4 is 44.3 Å². The Balaban J connectivity index is 1.27. The predicted molar refractivity (Wildman–Crippen MR) is 136 cm³/mol. The molecule has 37 heavy (non-hydrogen) atoms. The van der Waals surface area contributed by atoms with Crippen molar-refractivity contribution in [3.63, 3.8) is 0 Å². The highest BCUT2D eigenvalue weighted by molar-refractivity contribution is 7.91. The van der Waals surface area contributed by atoms with Crippen molar-refractivity contribution in [2.75, 3.05) is 24.9 Å². The minimum atomic E-state index is -3.13. The monoisotopic (exact) mass is 520 g/mol. The Hall–Kier alpha value is -3.92. The summed E-state index contributed by atoms with van der Waals surface area (Å²) in [6.07, 6.45) is 3.71. The van der Waals surface area contributed by atoms with Gasteiger partial charge in [-0.1, -0.05) is 24.3 Å². The van der Waals surface area contributed by atoms with Crippen molar-refractivity contribution in [1.29, 1.82) is 0 Å². The van der Waals surface area contributed by atoms with Gasteiger partial charge in [-0.05, 0) is 60.2 Å². The second-order valence-corrected chi connectivity index (χ2v) is 11.6. The van der Waals surface area contributed by atoms with Gasteiger partial charge in [0.25, 0.3) is 5.91 Å². The molecule has 0 saturated carbocycles. The van der Waals surface area contributed by atoms with Gasteiger partial charge in [0.05, 0.1) is 28.3 Å². The molecule has 0 unspecified atom stereocenters. The molecule has 0 bridgehead atoms. The molecule has 3 aliphatic rings. The Bertz CT molecular complexity index is 1580. The highest BCUT2D eigenvalue weighted by Crippen LogP contribution is 2.39. The Kier molecular flexibility index (Phi) is 5.83. The first kappa shape index (κ1) is 23.5. The van der Waals surface area contributed by atoms with E-state index in [4.69, 9.17) is 19.2 Å². The third kappa shape index (κ3) is 4.64. The quantitative estimate of drug-likeness (QED) is 0.510. The van der Waals surface area contributed by atoms with Gasteiger partial charge >= 0.3 is 5.97 Å². The molecular weight excluding hydrogens is 496 g/mol. The average molecular weight is 521 g/mol. The van der Waals surface area contributed by atoms with Gasteiger partial charge < -0.3 is 19.5 Å². The van der Waals surface area contributed by atoms with Crippen LogP contribution in [0.1, 0.15) is 40.0 Å². The number of esters is 1. The summed E-state index contributed by atoms with van der Waals surface area (Å²) in [5.41, 5.74) is 4.53. The summed E-state index contributed by atoms with van der Waals surface area (Å²) in [5.74, 6) is 0.239. The number of carbonyl (C=O) groups excluding carboxylic acids is 2. The summed E-state index contributed by atoms with van der Waals surface area (Å²) in [5, 5.41) is 3.31. The first-order chi connectivity index (χ1) is 17.9. The number of benzene rings is 2. The molecular formula is C27H24N2O7S. The van der Waals surface area contributed by atoms with Crippen molar-refractivity contribution in [3.8, 4) is 11.5 Å². The van der Waals surface area contributed by atoms with E-state index in [1.54, 1.807) is 0 Å². The van der Waals surface area contributed by atoms with Gasteiger partial charge in [0, 0.05) is 11.4 Å². The number of sulfone groups is 1. The predicted octanol–water partition coefficient (Wildman–Crippen LogP) is 2.91. The minimum Gasteiger partial charge on any atom is -0.454 e. The largest absolute Gasteiger partial charge is 0.454 e. The number of ether oxygens (including phenoxy) is 3. The summed E-state index contributed by atoms with van der Waals surface area (Å²) >= 11 is 0. The fourth-order valence-corrected chi connectivity index (χ4v) is 6.77. The standard InChI is InChI=1S/C27H24N2O7S/c30-24(28-18-9-10-37(32,33)14-18)13-34-27(31)25-19-3-1-2-4-21(19)29-26-17(6-7-20(25)26)11-16-5-8-22-23(12-16)36-15-35-22/h1-5,8,11-12,18H,6-7,9-10,13-15H2,(H,28,30)/b17-11+/t18-/m1/s1. The summed E-state index contributed by atoms with van der Waals surface area (Å²) in [6, 6.07) is 12.6. The molecule has 6 rings (SSSR count). The average Bonchev–Trinajstić information content (AvgIpc) is 3.59. The van der Waals surface area contributed by atoms with Crippen LogP contribution in [-0.4, -0.2) is 56.2 Å². The number of hydrogen-bond acceptors (Lipinski definition) is 8. The lowest BCUT2D eigenvalue weighted by atomic mass is 10.0. The Morgan fingerprint density at radius 3 is 2.78 bits per heavy atom. The van der Waals surface area contributed by atoms with Gasteiger partial charge in [-0.15, -0.1) is 0 Å². The lowest BCUT2D eigenvalue weighted by Gasteiger charge is -2.14. The summed E-state index contributed by atoms with van der Waals surface area (Å²) in [4.78, 5) is 30.5. The molecule has 2 aromatic carbocycles. The third-order valence-corrected chi connectivity index (χ3v) is 8.58. The first-order valence-electron chi connectivity index (χ1n) is 12.1. The van der Waals surface area contributed by atoms with E-state index < -0.39 is 34.4 Å². The van der Waals surface area contributed by atoms with Crippen LogP contribution < -0.4 is 14.8 Å². The maximum Gasteiger partial charge on any atom is 0.339 e. The second kappa shape index (κ2) is 9.19. The van der Waals surface area contributed by atoms with Crippen LogP contribution in [0.3, 0.4) is 0 Å². The maximum absolute atomic E-state index is 13.3. The first-order valence-corrected chi connectivity index (χ1v) is 13.9. The number of allylic oxidation sites excluding steroid dienone is 1. The van der Waals surface area contributed by atoms with Crippen molar-refractivity contribution in [2.24, 2.45) is 0 Å². The van der Waals surface area contributed by atoms with Crippen LogP contribution in [0.25, 0.3) is 22.6 Å². The van der Waals surface area contributed by atoms with Crippen molar-refractivity contribution in [1.82, 2.24) is 10.3 Å². The highest BCUT2D eigenvalue weighted by Gasteiger charge is 2.30. The molecule has 1 N–H and O–H groups in total. The van der Waals surface area contributed by atoms with E-state index in [1.807, 2.05) is 48.5 Å². The molecule has 9 nitrogen and oxygen atoms in total. The fourth-order valence-electron chi connectivity index (χ4n) is 5.10. The van der Waals surface area contributed by atoms with E-state index in [1.165, 1.54) is 0 Å². The fraction of sp³-hybridized carbons (Fsp3) is 0.296. The number of nitrogens with zero attached hydrogens (tertiary/aromatic N) is 1. The molecule has 1 fully saturated rings. The number of para-hydroxylation sites is 1. The molecule has 3 heterocycles. The van der Waals surface area contributed by atoms with E-state index in [-0.39, 0.29) is 18.3 Å². The van der Waals surface area contributed by atoms with Gasteiger partial charge in [-0.25, -0.2) is 18.2 Å². The van der Waals surface area contributed by atoms with Crippen LogP contribution in [0.2, 0.25) is 0 Å². The number of nitrogens with one attached hydrogen (secondary N) is 1. The highest BCUT2D eigenvalue weighted by atomic mass is 32.2. The lowest BCUT2D eigenvalue weighted by Crippen LogP contribution is -2.38. The Morgan fingerprint density at radius 1 is 1.11 bits per heavy atom. The molecule has 0 radical (unpaired) electrons. The van der Waals surface area contributed by atoms with E-state index >= 15 is 0 Å². The maximum atomic E-state index is 13.3. The SMILES string of the molecule is O=C(COC(=O)c1c2c(nc3ccccc13)/C(=C/c1ccc3c(c1)OCO3)CC2)N[C@@H]1CCS(=O)(=O)C1. The van der Waals surface area contributed by atoms with Crippen LogP contribution in [0.4, 0.5) is 0 Å². The van der Waals surface area contributed by atoms with Gasteiger partial charge in [0.2, 0.25) is 6.79 Å². The summed E-state index contributed by atoms with van der Waals surface area (Å²) in [7, 11) is -3.13. The summed E-state index contributed by atoms with van der Waals surface area (Å²) < 4.78 is 39.6. The van der Waals surface area contributed by atoms with Crippen LogP contribution >= 0.6 is 0 Å². The number of fused-ring (bicyclic) bond motifs is 3. The zero-order valence-electron chi connectivity index (χ0n) is 19.9. The number of amides is 1. The van der Waals surface area contributed by atoms with E-state index in [2.05, 4.69) is 5.32 Å². The molecule has 1 aromatic heterocycles. The van der Waals surface area contributed by atoms with Gasteiger partial charge in [0.15, 0.2) is 27.9 Å². The van der Waals surface area contributed by atoms with Gasteiger partial charge in [-0.3, -0.25) is 4.79 Å². The van der Waals surface area contributed by atoms with Crippen molar-refractivity contribution in [3.05, 3.63) is 64.8 Å². The number of rotatable bonds is 5. The van der Waals surface area contributed by atoms with Crippen molar-refractivity contribution in [2.45, 2.75) is 25.3 Å². The number of carbonyl (C=O) groups is 2. The second-order valence-electron chi connectivity index (χ2n) is 9.36. The smallest absolute Gasteiger partial charge is 0.339 e. The molecule has 2 aliphatic heterocycles. The van der Waals surface area contributed by atoms with Gasteiger partial charge in [0.1, 0.15) is 0 Å². The molecule has 10 heteroatoms. The van der Waals surface area contributed by atoms with Crippen LogP contribution in [0, 0.1) is 0 Å². The normalized spacial score (nSPS) is 20.2. The zero-order chi connectivity index (χ0) is 25.6. The van der Waals surface area contributed by atoms with Crippen LogP contribution in [-0.2, 0) is 25.8 Å². The van der Waals surface area contributed by atoms with Gasteiger partial charge in [-0.2, -0.15) is 0 Å². The molecule has 0 spiro atoms. The Labute approximate surface area is 213 Å². The van der Waals surface area contributed by atoms with Crippen molar-refractivity contribution < 1.29 is 32.2 Å². The summed E-state index contributed by atoms with van der Waals surface area (Å²) in [6.45, 7) is -0.282. The van der Waals surface area contributed by atoms with Crippen LogP contribution in [0.5, 0.6) is 11.5 Å². The van der Waals surface area contributed by atoms with Crippen LogP contribution in [0.15, 0.2) is 42.5 Å². The molecule has 1 aliphatic carbocycles. The Morgan fingerprint density at radius 2 is 1.95 bits per heavy atom. The topological polar surface area (TPSA) is 121 Å². The number of pyridine rings is 1. The molecule has 1 amide bonds. The third-order valence-electron chi connectivity index (χ3n) is 6.82. The molecule has 190 valence electrons. The lowest BCUT2D eigenvalue weighted by molar-refractivity contribution is -0.124. The molecule has 3 aromatic rings. The number of hydrogen-bond donors (Lipinski definition) is 1. The molecule has 1 atom stereocenters. The van der Waals surface area contributed by atoms with E-state index in [0.717, 1.165) is 22.4 Å². The van der Waals surface area contributed by atoms with E-state index in [9.17, 15) is 18.0 Å². The van der Waals surface area contributed by atoms with E-state index in [0.29, 0.717) is 47.2 Å². The minimum absolute atomic E-state index is 0.0506. The number of aromatic nitrogens is 1.